The third-order valence-electron chi connectivity index (χ3n) is 6.22. The van der Waals surface area contributed by atoms with Gasteiger partial charge in [-0.1, -0.05) is 92.2 Å². The first-order valence-electron chi connectivity index (χ1n) is 12.7. The maximum Gasteiger partial charge on any atom is 0.243 e. The highest BCUT2D eigenvalue weighted by molar-refractivity contribution is 6.30. The van der Waals surface area contributed by atoms with Crippen LogP contribution in [0.1, 0.15) is 62.3 Å². The summed E-state index contributed by atoms with van der Waals surface area (Å²) in [5.74, 6) is 0.264. The van der Waals surface area contributed by atoms with Crippen LogP contribution < -0.4 is 5.32 Å². The first-order valence-corrected chi connectivity index (χ1v) is 13.1. The van der Waals surface area contributed by atoms with Crippen LogP contribution in [-0.2, 0) is 29.0 Å². The van der Waals surface area contributed by atoms with E-state index in [1.54, 1.807) is 4.90 Å². The van der Waals surface area contributed by atoms with E-state index in [-0.39, 0.29) is 17.9 Å². The van der Waals surface area contributed by atoms with Gasteiger partial charge in [0.15, 0.2) is 0 Å². The number of hydrogen-bond acceptors (Lipinski definition) is 2. The quantitative estimate of drug-likeness (QED) is 0.321. The van der Waals surface area contributed by atoms with Crippen molar-refractivity contribution in [1.82, 2.24) is 10.2 Å². The Morgan fingerprint density at radius 3 is 2.11 bits per heavy atom. The van der Waals surface area contributed by atoms with Crippen LogP contribution in [0, 0.1) is 0 Å². The molecule has 190 valence electrons. The van der Waals surface area contributed by atoms with Gasteiger partial charge >= 0.3 is 0 Å². The lowest BCUT2D eigenvalue weighted by Gasteiger charge is -2.32. The predicted molar refractivity (Wildman–Crippen MR) is 148 cm³/mol. The minimum Gasteiger partial charge on any atom is -0.352 e. The highest BCUT2D eigenvalue weighted by atomic mass is 35.5. The molecule has 1 atom stereocenters. The summed E-state index contributed by atoms with van der Waals surface area (Å²) in [7, 11) is 0. The fourth-order valence-electron chi connectivity index (χ4n) is 4.23. The molecule has 0 fully saturated rings. The molecule has 0 bridgehead atoms. The van der Waals surface area contributed by atoms with Gasteiger partial charge in [-0.3, -0.25) is 9.59 Å². The molecule has 36 heavy (non-hydrogen) atoms. The Kier molecular flexibility index (Phi) is 10.1. The number of benzene rings is 3. The van der Waals surface area contributed by atoms with E-state index in [0.29, 0.717) is 36.7 Å². The number of carbonyl (C=O) groups excluding carboxylic acids is 2. The summed E-state index contributed by atoms with van der Waals surface area (Å²) >= 11 is 6.24. The van der Waals surface area contributed by atoms with Gasteiger partial charge in [0.05, 0.1) is 0 Å². The van der Waals surface area contributed by atoms with E-state index >= 15 is 0 Å². The zero-order chi connectivity index (χ0) is 26.1. The van der Waals surface area contributed by atoms with Crippen LogP contribution in [0.5, 0.6) is 0 Å². The predicted octanol–water partition coefficient (Wildman–Crippen LogP) is 6.56. The lowest BCUT2D eigenvalue weighted by atomic mass is 9.99. The average molecular weight is 505 g/mol. The van der Waals surface area contributed by atoms with Crippen LogP contribution in [0.2, 0.25) is 5.02 Å². The van der Waals surface area contributed by atoms with Gasteiger partial charge in [0.1, 0.15) is 6.04 Å². The molecular weight excluding hydrogens is 468 g/mol. The summed E-state index contributed by atoms with van der Waals surface area (Å²) in [5.41, 5.74) is 4.30. The average Bonchev–Trinajstić information content (AvgIpc) is 2.85. The smallest absolute Gasteiger partial charge is 0.243 e. The second-order valence-corrected chi connectivity index (χ2v) is 10.4. The molecule has 0 aliphatic heterocycles. The van der Waals surface area contributed by atoms with Gasteiger partial charge in [-0.15, -0.1) is 0 Å². The van der Waals surface area contributed by atoms with E-state index in [4.69, 9.17) is 11.6 Å². The summed E-state index contributed by atoms with van der Waals surface area (Å²) < 4.78 is 0. The zero-order valence-corrected chi connectivity index (χ0v) is 22.5. The Labute approximate surface area is 220 Å². The largest absolute Gasteiger partial charge is 0.352 e. The lowest BCUT2D eigenvalue weighted by Crippen LogP contribution is -2.51. The molecule has 3 aromatic carbocycles. The van der Waals surface area contributed by atoms with Crippen LogP contribution >= 0.6 is 11.6 Å². The number of nitrogens with one attached hydrogen (secondary N) is 1. The zero-order valence-electron chi connectivity index (χ0n) is 21.7. The molecule has 5 heteroatoms. The number of rotatable bonds is 11. The standard InChI is InChI=1S/C31H37ClN2O2/c1-22(2)27-16-13-24(14-17-27)15-18-30(35)34(21-26-11-8-12-28(32)19-26)29(31(36)33-23(3)4)20-25-9-6-5-7-10-25/h5-14,16-17,19,22-23,29H,15,18,20-21H2,1-4H3,(H,33,36)/t29-/m1/s1. The van der Waals surface area contributed by atoms with Crippen LogP contribution in [-0.4, -0.2) is 28.8 Å². The molecule has 0 unspecified atom stereocenters. The van der Waals surface area contributed by atoms with Crippen LogP contribution in [0.15, 0.2) is 78.9 Å². The first-order chi connectivity index (χ1) is 17.2. The van der Waals surface area contributed by atoms with E-state index in [0.717, 1.165) is 16.7 Å². The van der Waals surface area contributed by atoms with E-state index < -0.39 is 6.04 Å². The number of nitrogens with zero attached hydrogens (tertiary/aromatic N) is 1. The van der Waals surface area contributed by atoms with Crippen molar-refractivity contribution in [3.8, 4) is 0 Å². The maximum absolute atomic E-state index is 13.7. The van der Waals surface area contributed by atoms with Crippen molar-refractivity contribution in [3.05, 3.63) is 106 Å². The van der Waals surface area contributed by atoms with Gasteiger partial charge in [0.25, 0.3) is 0 Å². The Hall–Kier alpha value is -3.11. The van der Waals surface area contributed by atoms with Gasteiger partial charge in [-0.25, -0.2) is 0 Å². The minimum atomic E-state index is -0.635. The minimum absolute atomic E-state index is 0.0293. The number of halogens is 1. The van der Waals surface area contributed by atoms with Crippen molar-refractivity contribution < 1.29 is 9.59 Å². The molecule has 0 saturated heterocycles. The lowest BCUT2D eigenvalue weighted by molar-refractivity contribution is -0.141. The van der Waals surface area contributed by atoms with E-state index in [2.05, 4.69) is 43.4 Å². The molecule has 0 aromatic heterocycles. The summed E-state index contributed by atoms with van der Waals surface area (Å²) in [4.78, 5) is 28.8. The SMILES string of the molecule is CC(C)NC(=O)[C@@H](Cc1ccccc1)N(Cc1cccc(Cl)c1)C(=O)CCc1ccc(C(C)C)cc1. The van der Waals surface area contributed by atoms with E-state index in [1.165, 1.54) is 5.56 Å². The molecule has 0 heterocycles. The van der Waals surface area contributed by atoms with Crippen molar-refractivity contribution in [2.24, 2.45) is 0 Å². The number of hydrogen-bond donors (Lipinski definition) is 1. The molecular formula is C31H37ClN2O2. The van der Waals surface area contributed by atoms with E-state index in [9.17, 15) is 9.59 Å². The molecule has 2 amide bonds. The number of amides is 2. The van der Waals surface area contributed by atoms with E-state index in [1.807, 2.05) is 68.4 Å². The molecule has 3 aromatic rings. The highest BCUT2D eigenvalue weighted by Gasteiger charge is 2.30. The van der Waals surface area contributed by atoms with Crippen molar-refractivity contribution in [2.75, 3.05) is 0 Å². The maximum atomic E-state index is 13.7. The van der Waals surface area contributed by atoms with Crippen LogP contribution in [0.4, 0.5) is 0 Å². The highest BCUT2D eigenvalue weighted by Crippen LogP contribution is 2.20. The van der Waals surface area contributed by atoms with Gasteiger partial charge in [-0.2, -0.15) is 0 Å². The van der Waals surface area contributed by atoms with Crippen molar-refractivity contribution in [1.29, 1.82) is 0 Å². The summed E-state index contributed by atoms with van der Waals surface area (Å²) in [6.07, 6.45) is 1.38. The molecule has 0 spiro atoms. The molecule has 4 nitrogen and oxygen atoms in total. The Morgan fingerprint density at radius 2 is 1.50 bits per heavy atom. The number of aryl methyl sites for hydroxylation is 1. The summed E-state index contributed by atoms with van der Waals surface area (Å²) in [5, 5.41) is 3.64. The van der Waals surface area contributed by atoms with Crippen molar-refractivity contribution in [3.63, 3.8) is 0 Å². The molecule has 0 aliphatic carbocycles. The Morgan fingerprint density at radius 1 is 0.833 bits per heavy atom. The van der Waals surface area contributed by atoms with Crippen LogP contribution in [0.25, 0.3) is 0 Å². The summed E-state index contributed by atoms with van der Waals surface area (Å²) in [6, 6.07) is 25.1. The van der Waals surface area contributed by atoms with Crippen molar-refractivity contribution >= 4 is 23.4 Å². The number of carbonyl (C=O) groups is 2. The topological polar surface area (TPSA) is 49.4 Å². The Balaban J connectivity index is 1.88. The molecule has 0 aliphatic rings. The third-order valence-corrected chi connectivity index (χ3v) is 6.45. The monoisotopic (exact) mass is 504 g/mol. The van der Waals surface area contributed by atoms with Gasteiger partial charge < -0.3 is 10.2 Å². The molecule has 0 radical (unpaired) electrons. The molecule has 3 rings (SSSR count). The van der Waals surface area contributed by atoms with Crippen LogP contribution in [0.3, 0.4) is 0 Å². The first kappa shape index (κ1) is 27.5. The second-order valence-electron chi connectivity index (χ2n) is 9.92. The third kappa shape index (κ3) is 8.23. The summed E-state index contributed by atoms with van der Waals surface area (Å²) in [6.45, 7) is 8.51. The van der Waals surface area contributed by atoms with Gasteiger partial charge in [0.2, 0.25) is 11.8 Å². The molecule has 1 N–H and O–H groups in total. The fourth-order valence-corrected chi connectivity index (χ4v) is 4.44. The van der Waals surface area contributed by atoms with Gasteiger partial charge in [-0.05, 0) is 60.6 Å². The molecule has 0 saturated carbocycles. The van der Waals surface area contributed by atoms with Crippen molar-refractivity contribution in [2.45, 2.75) is 71.5 Å². The second kappa shape index (κ2) is 13.3. The van der Waals surface area contributed by atoms with Gasteiger partial charge in [0, 0.05) is 30.5 Å². The normalized spacial score (nSPS) is 12.0. The Bertz CT molecular complexity index is 1130. The fraction of sp³-hybridized carbons (Fsp3) is 0.355.